The summed E-state index contributed by atoms with van der Waals surface area (Å²) in [7, 11) is 0. The number of carbonyl (C=O) groups is 1. The molecule has 0 saturated carbocycles. The fourth-order valence-corrected chi connectivity index (χ4v) is 2.14. The van der Waals surface area contributed by atoms with Crippen LogP contribution in [0.3, 0.4) is 0 Å². The molecule has 1 heterocycles. The van der Waals surface area contributed by atoms with Gasteiger partial charge in [0.15, 0.2) is 5.60 Å². The lowest BCUT2D eigenvalue weighted by Gasteiger charge is -2.24. The fourth-order valence-electron chi connectivity index (χ4n) is 2.14. The molecule has 0 unspecified atom stereocenters. The van der Waals surface area contributed by atoms with Crippen molar-refractivity contribution in [1.29, 1.82) is 0 Å². The second-order valence-electron chi connectivity index (χ2n) is 6.12. The van der Waals surface area contributed by atoms with Gasteiger partial charge in [0.2, 0.25) is 5.88 Å². The Labute approximate surface area is 137 Å². The second kappa shape index (κ2) is 7.31. The summed E-state index contributed by atoms with van der Waals surface area (Å²) in [6, 6.07) is 9.81. The number of ether oxygens (including phenoxy) is 1. The fraction of sp³-hybridized carbons (Fsp3) is 0.444. The number of amides is 1. The standard InChI is InChI=1S/C18H25N3O2/c1-5-6-12-19-17(22)18(3,4)23-16-14(2)13-21(20-16)15-10-8-7-9-11-15/h7-11,13H,5-6,12H2,1-4H3,(H,19,22). The van der Waals surface area contributed by atoms with Crippen LogP contribution in [0.25, 0.3) is 5.69 Å². The molecule has 2 rings (SSSR count). The molecule has 1 aromatic heterocycles. The summed E-state index contributed by atoms with van der Waals surface area (Å²) in [6.45, 7) is 8.20. The van der Waals surface area contributed by atoms with E-state index in [0.29, 0.717) is 12.4 Å². The maximum atomic E-state index is 12.3. The molecule has 0 radical (unpaired) electrons. The number of carbonyl (C=O) groups excluding carboxylic acids is 1. The molecule has 0 saturated heterocycles. The highest BCUT2D eigenvalue weighted by molar-refractivity contribution is 5.84. The summed E-state index contributed by atoms with van der Waals surface area (Å²) >= 11 is 0. The largest absolute Gasteiger partial charge is 0.460 e. The Morgan fingerprint density at radius 3 is 2.65 bits per heavy atom. The first-order chi connectivity index (χ1) is 10.9. The van der Waals surface area contributed by atoms with E-state index in [1.807, 2.05) is 43.5 Å². The number of rotatable bonds is 7. The van der Waals surface area contributed by atoms with Crippen molar-refractivity contribution in [2.75, 3.05) is 6.54 Å². The Morgan fingerprint density at radius 2 is 2.00 bits per heavy atom. The minimum absolute atomic E-state index is 0.125. The Morgan fingerprint density at radius 1 is 1.30 bits per heavy atom. The van der Waals surface area contributed by atoms with Gasteiger partial charge in [-0.25, -0.2) is 4.68 Å². The van der Waals surface area contributed by atoms with Gasteiger partial charge in [0.05, 0.1) is 5.69 Å². The highest BCUT2D eigenvalue weighted by Crippen LogP contribution is 2.22. The zero-order chi connectivity index (χ0) is 16.9. The normalized spacial score (nSPS) is 11.3. The lowest BCUT2D eigenvalue weighted by molar-refractivity contribution is -0.134. The van der Waals surface area contributed by atoms with E-state index >= 15 is 0 Å². The number of unbranched alkanes of at least 4 members (excludes halogenated alkanes) is 1. The van der Waals surface area contributed by atoms with Crippen molar-refractivity contribution in [3.63, 3.8) is 0 Å². The van der Waals surface area contributed by atoms with Gasteiger partial charge in [-0.3, -0.25) is 4.79 Å². The first-order valence-electron chi connectivity index (χ1n) is 8.03. The van der Waals surface area contributed by atoms with Crippen LogP contribution in [0.2, 0.25) is 0 Å². The first kappa shape index (κ1) is 17.1. The Bertz CT molecular complexity index is 648. The lowest BCUT2D eigenvalue weighted by Crippen LogP contribution is -2.47. The zero-order valence-electron chi connectivity index (χ0n) is 14.3. The maximum absolute atomic E-state index is 12.3. The maximum Gasteiger partial charge on any atom is 0.263 e. The van der Waals surface area contributed by atoms with Gasteiger partial charge in [-0.15, -0.1) is 5.10 Å². The molecule has 0 bridgehead atoms. The Kier molecular flexibility index (Phi) is 5.42. The van der Waals surface area contributed by atoms with Crippen molar-refractivity contribution >= 4 is 5.91 Å². The van der Waals surface area contributed by atoms with Gasteiger partial charge in [0.1, 0.15) is 0 Å². The van der Waals surface area contributed by atoms with Gasteiger partial charge in [-0.1, -0.05) is 31.5 Å². The molecule has 1 aromatic carbocycles. The molecule has 5 heteroatoms. The summed E-state index contributed by atoms with van der Waals surface area (Å²) in [5.74, 6) is 0.351. The van der Waals surface area contributed by atoms with Crippen LogP contribution in [-0.2, 0) is 4.79 Å². The highest BCUT2D eigenvalue weighted by Gasteiger charge is 2.31. The van der Waals surface area contributed by atoms with Crippen molar-refractivity contribution in [2.45, 2.75) is 46.1 Å². The quantitative estimate of drug-likeness (QED) is 0.798. The molecule has 0 spiro atoms. The smallest absolute Gasteiger partial charge is 0.263 e. The lowest BCUT2D eigenvalue weighted by atomic mass is 10.1. The molecule has 2 aromatic rings. The highest BCUT2D eigenvalue weighted by atomic mass is 16.5. The summed E-state index contributed by atoms with van der Waals surface area (Å²) in [6.07, 6.45) is 3.90. The van der Waals surface area contributed by atoms with E-state index in [1.54, 1.807) is 18.5 Å². The van der Waals surface area contributed by atoms with Gasteiger partial charge < -0.3 is 10.1 Å². The number of para-hydroxylation sites is 1. The Balaban J connectivity index is 2.10. The molecule has 23 heavy (non-hydrogen) atoms. The molecule has 124 valence electrons. The molecule has 5 nitrogen and oxygen atoms in total. The minimum Gasteiger partial charge on any atom is -0.460 e. The van der Waals surface area contributed by atoms with Gasteiger partial charge in [-0.2, -0.15) is 0 Å². The van der Waals surface area contributed by atoms with E-state index in [4.69, 9.17) is 4.74 Å². The molecule has 0 aliphatic carbocycles. The van der Waals surface area contributed by atoms with Gasteiger partial charge in [0.25, 0.3) is 5.91 Å². The molecular weight excluding hydrogens is 290 g/mol. The van der Waals surface area contributed by atoms with Crippen LogP contribution >= 0.6 is 0 Å². The number of hydrogen-bond acceptors (Lipinski definition) is 3. The predicted molar refractivity (Wildman–Crippen MR) is 90.9 cm³/mol. The summed E-state index contributed by atoms with van der Waals surface area (Å²) in [5, 5.41) is 7.36. The van der Waals surface area contributed by atoms with Gasteiger partial charge in [-0.05, 0) is 39.3 Å². The van der Waals surface area contributed by atoms with Crippen LogP contribution in [0.1, 0.15) is 39.2 Å². The van der Waals surface area contributed by atoms with Crippen molar-refractivity contribution < 1.29 is 9.53 Å². The number of nitrogens with zero attached hydrogens (tertiary/aromatic N) is 2. The number of benzene rings is 1. The molecule has 1 N–H and O–H groups in total. The molecule has 0 fully saturated rings. The van der Waals surface area contributed by atoms with Crippen LogP contribution in [0.15, 0.2) is 36.5 Å². The topological polar surface area (TPSA) is 56.1 Å². The van der Waals surface area contributed by atoms with Gasteiger partial charge in [0, 0.05) is 18.3 Å². The van der Waals surface area contributed by atoms with E-state index in [9.17, 15) is 4.79 Å². The number of aryl methyl sites for hydroxylation is 1. The van der Waals surface area contributed by atoms with Crippen molar-refractivity contribution in [3.8, 4) is 11.6 Å². The van der Waals surface area contributed by atoms with Crippen molar-refractivity contribution in [1.82, 2.24) is 15.1 Å². The van der Waals surface area contributed by atoms with Crippen molar-refractivity contribution in [3.05, 3.63) is 42.1 Å². The minimum atomic E-state index is -0.964. The average molecular weight is 315 g/mol. The Hall–Kier alpha value is -2.30. The van der Waals surface area contributed by atoms with Gasteiger partial charge >= 0.3 is 0 Å². The third-order valence-corrected chi connectivity index (χ3v) is 3.59. The van der Waals surface area contributed by atoms with E-state index in [0.717, 1.165) is 24.1 Å². The predicted octanol–water partition coefficient (Wildman–Crippen LogP) is 3.25. The van der Waals surface area contributed by atoms with E-state index < -0.39 is 5.60 Å². The average Bonchev–Trinajstić information content (AvgIpc) is 2.88. The molecule has 0 aliphatic heterocycles. The number of nitrogens with one attached hydrogen (secondary N) is 1. The number of hydrogen-bond donors (Lipinski definition) is 1. The number of aromatic nitrogens is 2. The van der Waals surface area contributed by atoms with E-state index in [1.165, 1.54) is 0 Å². The van der Waals surface area contributed by atoms with Crippen LogP contribution < -0.4 is 10.1 Å². The third kappa shape index (κ3) is 4.34. The summed E-state index contributed by atoms with van der Waals surface area (Å²) in [5.41, 5.74) is 0.882. The third-order valence-electron chi connectivity index (χ3n) is 3.59. The zero-order valence-corrected chi connectivity index (χ0v) is 14.3. The monoisotopic (exact) mass is 315 g/mol. The molecule has 1 amide bonds. The van der Waals surface area contributed by atoms with Crippen LogP contribution in [0.4, 0.5) is 0 Å². The summed E-state index contributed by atoms with van der Waals surface area (Å²) in [4.78, 5) is 12.3. The van der Waals surface area contributed by atoms with Crippen molar-refractivity contribution in [2.24, 2.45) is 0 Å². The first-order valence-corrected chi connectivity index (χ1v) is 8.03. The van der Waals surface area contributed by atoms with Crippen LogP contribution in [0.5, 0.6) is 5.88 Å². The summed E-state index contributed by atoms with van der Waals surface area (Å²) < 4.78 is 7.64. The molecule has 0 aliphatic rings. The second-order valence-corrected chi connectivity index (χ2v) is 6.12. The molecule has 0 atom stereocenters. The van der Waals surface area contributed by atoms with E-state index in [2.05, 4.69) is 17.3 Å². The van der Waals surface area contributed by atoms with Crippen LogP contribution in [0, 0.1) is 6.92 Å². The molecular formula is C18H25N3O2. The SMILES string of the molecule is CCCCNC(=O)C(C)(C)Oc1nn(-c2ccccc2)cc1C. The van der Waals surface area contributed by atoms with Crippen LogP contribution in [-0.4, -0.2) is 27.8 Å². The van der Waals surface area contributed by atoms with E-state index in [-0.39, 0.29) is 5.91 Å².